The summed E-state index contributed by atoms with van der Waals surface area (Å²) in [6, 6.07) is 7.72. The number of hydrogen-bond acceptors (Lipinski definition) is 4. The van der Waals surface area contributed by atoms with Gasteiger partial charge in [0, 0.05) is 29.4 Å². The maximum atomic E-state index is 11.1. The summed E-state index contributed by atoms with van der Waals surface area (Å²) in [7, 11) is -0.813. The van der Waals surface area contributed by atoms with Crippen LogP contribution in [-0.4, -0.2) is 42.6 Å². The van der Waals surface area contributed by atoms with E-state index in [1.54, 1.807) is 6.26 Å². The Morgan fingerprint density at radius 3 is 2.90 bits per heavy atom. The minimum Gasteiger partial charge on any atom is -0.481 e. The van der Waals surface area contributed by atoms with E-state index in [1.165, 1.54) is 11.8 Å². The lowest BCUT2D eigenvalue weighted by Gasteiger charge is -2.07. The molecule has 1 heterocycles. The third-order valence-corrected chi connectivity index (χ3v) is 4.58. The fraction of sp³-hybridized carbons (Fsp3) is 0.385. The van der Waals surface area contributed by atoms with Crippen molar-refractivity contribution in [3.05, 3.63) is 24.3 Å². The summed E-state index contributed by atoms with van der Waals surface area (Å²) >= 11 is 1.22. The molecule has 108 valence electrons. The van der Waals surface area contributed by atoms with Gasteiger partial charge in [-0.2, -0.15) is 0 Å². The molecule has 0 aliphatic heterocycles. The Balaban J connectivity index is 2.24. The number of carbonyl (C=O) groups is 1. The number of thioether (sulfide) groups is 1. The highest BCUT2D eigenvalue weighted by molar-refractivity contribution is 7.99. The highest BCUT2D eigenvalue weighted by Gasteiger charge is 2.12. The monoisotopic (exact) mass is 312 g/mol. The number of rotatable bonds is 7. The highest BCUT2D eigenvalue weighted by Crippen LogP contribution is 2.24. The van der Waals surface area contributed by atoms with Gasteiger partial charge in [0.05, 0.1) is 16.8 Å². The molecule has 20 heavy (non-hydrogen) atoms. The van der Waals surface area contributed by atoms with Crippen molar-refractivity contribution in [1.29, 1.82) is 0 Å². The average molecular weight is 312 g/mol. The third-order valence-electron chi connectivity index (χ3n) is 2.76. The van der Waals surface area contributed by atoms with Crippen LogP contribution >= 0.6 is 11.8 Å². The van der Waals surface area contributed by atoms with Gasteiger partial charge in [0.15, 0.2) is 5.16 Å². The maximum Gasteiger partial charge on any atom is 0.313 e. The molecule has 0 bridgehead atoms. The van der Waals surface area contributed by atoms with Crippen molar-refractivity contribution in [2.24, 2.45) is 0 Å². The fourth-order valence-corrected chi connectivity index (χ4v) is 3.23. The van der Waals surface area contributed by atoms with Crippen molar-refractivity contribution >= 4 is 39.6 Å². The Labute approximate surface area is 123 Å². The molecule has 7 heteroatoms. The SMILES string of the molecule is CS(=O)CCCn1c(SCC(=O)O)nc2ccccc21. The molecule has 0 saturated heterocycles. The Morgan fingerprint density at radius 1 is 1.45 bits per heavy atom. The van der Waals surface area contributed by atoms with Gasteiger partial charge in [0.2, 0.25) is 0 Å². The van der Waals surface area contributed by atoms with Crippen molar-refractivity contribution in [2.75, 3.05) is 17.8 Å². The Bertz CT molecular complexity index is 640. The number of aliphatic carboxylic acids is 1. The van der Waals surface area contributed by atoms with Crippen LogP contribution in [0.25, 0.3) is 11.0 Å². The van der Waals surface area contributed by atoms with Crippen LogP contribution in [0.15, 0.2) is 29.4 Å². The van der Waals surface area contributed by atoms with Gasteiger partial charge in [-0.15, -0.1) is 0 Å². The van der Waals surface area contributed by atoms with Gasteiger partial charge in [0.25, 0.3) is 0 Å². The number of nitrogens with zero attached hydrogens (tertiary/aromatic N) is 2. The molecule has 1 N–H and O–H groups in total. The largest absolute Gasteiger partial charge is 0.481 e. The van der Waals surface area contributed by atoms with Gasteiger partial charge in [0.1, 0.15) is 0 Å². The summed E-state index contributed by atoms with van der Waals surface area (Å²) in [5, 5.41) is 9.50. The van der Waals surface area contributed by atoms with E-state index in [0.29, 0.717) is 17.5 Å². The standard InChI is InChI=1S/C13H16N2O3S2/c1-20(18)8-4-7-15-11-6-3-2-5-10(11)14-13(15)19-9-12(16)17/h2-3,5-6H,4,7-9H2,1H3,(H,16,17). The number of benzene rings is 1. The second kappa shape index (κ2) is 6.90. The van der Waals surface area contributed by atoms with Gasteiger partial charge < -0.3 is 9.67 Å². The minimum absolute atomic E-state index is 0.0109. The van der Waals surface area contributed by atoms with Crippen molar-refractivity contribution < 1.29 is 14.1 Å². The third kappa shape index (κ3) is 3.83. The first-order chi connectivity index (χ1) is 9.58. The lowest BCUT2D eigenvalue weighted by Crippen LogP contribution is -2.06. The predicted molar refractivity (Wildman–Crippen MR) is 81.6 cm³/mol. The Hall–Kier alpha value is -1.34. The molecule has 0 fully saturated rings. The van der Waals surface area contributed by atoms with Crippen LogP contribution in [0, 0.1) is 0 Å². The number of hydrogen-bond donors (Lipinski definition) is 1. The van der Waals surface area contributed by atoms with Crippen LogP contribution in [0.5, 0.6) is 0 Å². The van der Waals surface area contributed by atoms with E-state index >= 15 is 0 Å². The van der Waals surface area contributed by atoms with E-state index in [2.05, 4.69) is 4.98 Å². The molecule has 1 unspecified atom stereocenters. The summed E-state index contributed by atoms with van der Waals surface area (Å²) in [5.41, 5.74) is 1.85. The van der Waals surface area contributed by atoms with Gasteiger partial charge in [-0.25, -0.2) is 4.98 Å². The molecule has 0 aliphatic rings. The van der Waals surface area contributed by atoms with Gasteiger partial charge >= 0.3 is 5.97 Å². The first-order valence-corrected chi connectivity index (χ1v) is 8.89. The van der Waals surface area contributed by atoms with E-state index in [4.69, 9.17) is 5.11 Å². The number of aryl methyl sites for hydroxylation is 1. The first-order valence-electron chi connectivity index (χ1n) is 6.18. The topological polar surface area (TPSA) is 72.2 Å². The zero-order chi connectivity index (χ0) is 14.5. The van der Waals surface area contributed by atoms with E-state index in [-0.39, 0.29) is 5.75 Å². The van der Waals surface area contributed by atoms with E-state index in [1.807, 2.05) is 28.8 Å². The molecule has 5 nitrogen and oxygen atoms in total. The molecule has 1 aromatic heterocycles. The lowest BCUT2D eigenvalue weighted by atomic mass is 10.3. The molecule has 0 radical (unpaired) electrons. The quantitative estimate of drug-likeness (QED) is 0.792. The van der Waals surface area contributed by atoms with Gasteiger partial charge in [-0.05, 0) is 18.6 Å². The molecule has 1 atom stereocenters. The summed E-state index contributed by atoms with van der Waals surface area (Å²) in [5.74, 6) is -0.234. The molecule has 2 aromatic rings. The predicted octanol–water partition coefficient (Wildman–Crippen LogP) is 1.98. The number of carboxylic acids is 1. The second-order valence-corrected chi connectivity index (χ2v) is 6.85. The fourth-order valence-electron chi connectivity index (χ4n) is 1.93. The van der Waals surface area contributed by atoms with Crippen molar-refractivity contribution in [1.82, 2.24) is 9.55 Å². The first kappa shape index (κ1) is 15.1. The number of imidazole rings is 1. The average Bonchev–Trinajstić information content (AvgIpc) is 2.74. The summed E-state index contributed by atoms with van der Waals surface area (Å²) in [6.07, 6.45) is 2.47. The second-order valence-electron chi connectivity index (χ2n) is 4.35. The van der Waals surface area contributed by atoms with Crippen LogP contribution in [0.4, 0.5) is 0 Å². The Kier molecular flexibility index (Phi) is 5.19. The molecular weight excluding hydrogens is 296 g/mol. The zero-order valence-electron chi connectivity index (χ0n) is 11.1. The molecule has 0 spiro atoms. The van der Waals surface area contributed by atoms with Crippen molar-refractivity contribution in [2.45, 2.75) is 18.1 Å². The van der Waals surface area contributed by atoms with Gasteiger partial charge in [-0.3, -0.25) is 9.00 Å². The molecule has 1 aromatic carbocycles. The van der Waals surface area contributed by atoms with E-state index in [0.717, 1.165) is 17.5 Å². The molecule has 0 saturated carbocycles. The highest BCUT2D eigenvalue weighted by atomic mass is 32.2. The minimum atomic E-state index is -0.858. The lowest BCUT2D eigenvalue weighted by molar-refractivity contribution is -0.133. The van der Waals surface area contributed by atoms with Crippen molar-refractivity contribution in [3.8, 4) is 0 Å². The summed E-state index contributed by atoms with van der Waals surface area (Å²) in [6.45, 7) is 0.696. The van der Waals surface area contributed by atoms with Crippen LogP contribution in [0.1, 0.15) is 6.42 Å². The summed E-state index contributed by atoms with van der Waals surface area (Å²) < 4.78 is 13.1. The number of carboxylic acid groups (broad SMARTS) is 1. The normalized spacial score (nSPS) is 12.7. The van der Waals surface area contributed by atoms with Crippen LogP contribution in [0.2, 0.25) is 0 Å². The van der Waals surface area contributed by atoms with Gasteiger partial charge in [-0.1, -0.05) is 23.9 Å². The number of para-hydroxylation sites is 2. The van der Waals surface area contributed by atoms with Crippen LogP contribution < -0.4 is 0 Å². The number of fused-ring (bicyclic) bond motifs is 1. The molecule has 2 rings (SSSR count). The number of aromatic nitrogens is 2. The van der Waals surface area contributed by atoms with Crippen molar-refractivity contribution in [3.63, 3.8) is 0 Å². The Morgan fingerprint density at radius 2 is 2.20 bits per heavy atom. The smallest absolute Gasteiger partial charge is 0.313 e. The zero-order valence-corrected chi connectivity index (χ0v) is 12.7. The summed E-state index contributed by atoms with van der Waals surface area (Å²) in [4.78, 5) is 15.2. The van der Waals surface area contributed by atoms with E-state index < -0.39 is 16.8 Å². The van der Waals surface area contributed by atoms with Crippen LogP contribution in [-0.2, 0) is 22.1 Å². The molecular formula is C13H16N2O3S2. The maximum absolute atomic E-state index is 11.1. The van der Waals surface area contributed by atoms with Crippen LogP contribution in [0.3, 0.4) is 0 Å². The van der Waals surface area contributed by atoms with E-state index in [9.17, 15) is 9.00 Å². The molecule has 0 amide bonds. The molecule has 0 aliphatic carbocycles.